The normalized spacial score (nSPS) is 11.6. The summed E-state index contributed by atoms with van der Waals surface area (Å²) in [6.07, 6.45) is 3.12. The van der Waals surface area contributed by atoms with Crippen LogP contribution in [0.15, 0.2) is 28.7 Å². The molecule has 0 aliphatic heterocycles. The van der Waals surface area contributed by atoms with E-state index in [1.54, 1.807) is 13.2 Å². The summed E-state index contributed by atoms with van der Waals surface area (Å²) in [6, 6.07) is 5.54. The lowest BCUT2D eigenvalue weighted by Gasteiger charge is -2.17. The standard InChI is InChI=1S/C14H17BrO3/c1-14(2,3)18-13(16)8-6-10-5-7-11(17-4)9-12(10)15/h5-9H,1-4H3. The van der Waals surface area contributed by atoms with Crippen LogP contribution in [0.3, 0.4) is 0 Å². The summed E-state index contributed by atoms with van der Waals surface area (Å²) in [5, 5.41) is 0. The Labute approximate surface area is 116 Å². The number of halogens is 1. The van der Waals surface area contributed by atoms with Crippen molar-refractivity contribution in [3.05, 3.63) is 34.3 Å². The molecular weight excluding hydrogens is 296 g/mol. The van der Waals surface area contributed by atoms with Gasteiger partial charge in [0.15, 0.2) is 0 Å². The van der Waals surface area contributed by atoms with Gasteiger partial charge in [-0.3, -0.25) is 0 Å². The van der Waals surface area contributed by atoms with Gasteiger partial charge in [-0.05, 0) is 44.5 Å². The zero-order chi connectivity index (χ0) is 13.8. The van der Waals surface area contributed by atoms with Crippen LogP contribution in [0.5, 0.6) is 5.75 Å². The van der Waals surface area contributed by atoms with Crippen molar-refractivity contribution in [1.29, 1.82) is 0 Å². The fourth-order valence-electron chi connectivity index (χ4n) is 1.26. The molecule has 4 heteroatoms. The summed E-state index contributed by atoms with van der Waals surface area (Å²) in [5.41, 5.74) is 0.417. The lowest BCUT2D eigenvalue weighted by molar-refractivity contribution is -0.148. The highest BCUT2D eigenvalue weighted by molar-refractivity contribution is 9.10. The van der Waals surface area contributed by atoms with Crippen molar-refractivity contribution in [3.63, 3.8) is 0 Å². The maximum absolute atomic E-state index is 11.5. The van der Waals surface area contributed by atoms with Crippen molar-refractivity contribution < 1.29 is 14.3 Å². The van der Waals surface area contributed by atoms with Gasteiger partial charge >= 0.3 is 5.97 Å². The molecule has 1 rings (SSSR count). The van der Waals surface area contributed by atoms with Gasteiger partial charge in [-0.25, -0.2) is 4.79 Å². The first-order chi connectivity index (χ1) is 8.31. The van der Waals surface area contributed by atoms with Crippen LogP contribution in [0.2, 0.25) is 0 Å². The van der Waals surface area contributed by atoms with Crippen LogP contribution in [0.4, 0.5) is 0 Å². The first-order valence-electron chi connectivity index (χ1n) is 5.56. The molecule has 0 saturated carbocycles. The van der Waals surface area contributed by atoms with Gasteiger partial charge in [0.2, 0.25) is 0 Å². The average Bonchev–Trinajstić information content (AvgIpc) is 2.25. The summed E-state index contributed by atoms with van der Waals surface area (Å²) in [7, 11) is 1.61. The maximum Gasteiger partial charge on any atom is 0.331 e. The maximum atomic E-state index is 11.5. The largest absolute Gasteiger partial charge is 0.497 e. The number of ether oxygens (including phenoxy) is 2. The number of hydrogen-bond donors (Lipinski definition) is 0. The topological polar surface area (TPSA) is 35.5 Å². The molecule has 0 fully saturated rings. The Kier molecular flexibility index (Phi) is 4.96. The van der Waals surface area contributed by atoms with Gasteiger partial charge in [0, 0.05) is 10.5 Å². The lowest BCUT2D eigenvalue weighted by atomic mass is 10.2. The molecule has 0 bridgehead atoms. The van der Waals surface area contributed by atoms with E-state index in [2.05, 4.69) is 15.9 Å². The molecule has 0 saturated heterocycles. The number of carbonyl (C=O) groups is 1. The number of rotatable bonds is 3. The second kappa shape index (κ2) is 6.05. The molecule has 0 aliphatic rings. The van der Waals surface area contributed by atoms with Gasteiger partial charge < -0.3 is 9.47 Å². The van der Waals surface area contributed by atoms with Gasteiger partial charge in [-0.2, -0.15) is 0 Å². The van der Waals surface area contributed by atoms with Crippen LogP contribution in [0, 0.1) is 0 Å². The molecule has 0 atom stereocenters. The summed E-state index contributed by atoms with van der Waals surface area (Å²) in [6.45, 7) is 5.51. The van der Waals surface area contributed by atoms with Crippen LogP contribution in [-0.2, 0) is 9.53 Å². The Balaban J connectivity index is 2.76. The first kappa shape index (κ1) is 14.8. The Bertz CT molecular complexity index is 459. The van der Waals surface area contributed by atoms with Gasteiger partial charge in [-0.15, -0.1) is 0 Å². The van der Waals surface area contributed by atoms with E-state index in [0.717, 1.165) is 15.8 Å². The minimum Gasteiger partial charge on any atom is -0.497 e. The zero-order valence-corrected chi connectivity index (χ0v) is 12.6. The van der Waals surface area contributed by atoms with Gasteiger partial charge in [-0.1, -0.05) is 22.0 Å². The molecule has 0 aliphatic carbocycles. The van der Waals surface area contributed by atoms with Crippen LogP contribution in [0.25, 0.3) is 6.08 Å². The second-order valence-corrected chi connectivity index (χ2v) is 5.61. The molecule has 1 aromatic rings. The average molecular weight is 313 g/mol. The summed E-state index contributed by atoms with van der Waals surface area (Å²) in [4.78, 5) is 11.5. The molecular formula is C14H17BrO3. The fraction of sp³-hybridized carbons (Fsp3) is 0.357. The predicted octanol–water partition coefficient (Wildman–Crippen LogP) is 3.81. The summed E-state index contributed by atoms with van der Waals surface area (Å²) >= 11 is 3.42. The monoisotopic (exact) mass is 312 g/mol. The molecule has 1 aromatic carbocycles. The third-order valence-corrected chi connectivity index (χ3v) is 2.70. The van der Waals surface area contributed by atoms with E-state index in [1.807, 2.05) is 39.0 Å². The minimum absolute atomic E-state index is 0.356. The third-order valence-electron chi connectivity index (χ3n) is 2.01. The van der Waals surface area contributed by atoms with Crippen LogP contribution in [0.1, 0.15) is 26.3 Å². The highest BCUT2D eigenvalue weighted by Gasteiger charge is 2.13. The number of esters is 1. The van der Waals surface area contributed by atoms with E-state index in [-0.39, 0.29) is 5.97 Å². The highest BCUT2D eigenvalue weighted by atomic mass is 79.9. The Morgan fingerprint density at radius 2 is 2.00 bits per heavy atom. The van der Waals surface area contributed by atoms with Crippen LogP contribution >= 0.6 is 15.9 Å². The zero-order valence-electron chi connectivity index (χ0n) is 11.0. The van der Waals surface area contributed by atoms with Crippen molar-refractivity contribution in [2.45, 2.75) is 26.4 Å². The number of benzene rings is 1. The fourth-order valence-corrected chi connectivity index (χ4v) is 1.75. The first-order valence-corrected chi connectivity index (χ1v) is 6.36. The summed E-state index contributed by atoms with van der Waals surface area (Å²) < 4.78 is 11.1. The summed E-state index contributed by atoms with van der Waals surface area (Å²) in [5.74, 6) is 0.404. The number of methoxy groups -OCH3 is 1. The van der Waals surface area contributed by atoms with Crippen LogP contribution < -0.4 is 4.74 Å². The number of hydrogen-bond acceptors (Lipinski definition) is 3. The van der Waals surface area contributed by atoms with Crippen molar-refractivity contribution in [3.8, 4) is 5.75 Å². The Morgan fingerprint density at radius 3 is 2.50 bits per heavy atom. The van der Waals surface area contributed by atoms with Gasteiger partial charge in [0.05, 0.1) is 7.11 Å². The van der Waals surface area contributed by atoms with E-state index >= 15 is 0 Å². The molecule has 0 spiro atoms. The molecule has 0 N–H and O–H groups in total. The molecule has 0 amide bonds. The Morgan fingerprint density at radius 1 is 1.33 bits per heavy atom. The number of carbonyl (C=O) groups excluding carboxylic acids is 1. The second-order valence-electron chi connectivity index (χ2n) is 4.75. The van der Waals surface area contributed by atoms with E-state index in [4.69, 9.17) is 9.47 Å². The molecule has 0 aromatic heterocycles. The molecule has 98 valence electrons. The molecule has 0 unspecified atom stereocenters. The highest BCUT2D eigenvalue weighted by Crippen LogP contribution is 2.24. The van der Waals surface area contributed by atoms with Gasteiger partial charge in [0.25, 0.3) is 0 Å². The molecule has 0 heterocycles. The van der Waals surface area contributed by atoms with Crippen molar-refractivity contribution in [2.75, 3.05) is 7.11 Å². The van der Waals surface area contributed by atoms with E-state index < -0.39 is 5.60 Å². The molecule has 18 heavy (non-hydrogen) atoms. The van der Waals surface area contributed by atoms with E-state index in [9.17, 15) is 4.79 Å². The third kappa shape index (κ3) is 4.92. The van der Waals surface area contributed by atoms with E-state index in [1.165, 1.54) is 6.08 Å². The minimum atomic E-state index is -0.474. The lowest BCUT2D eigenvalue weighted by Crippen LogP contribution is -2.22. The van der Waals surface area contributed by atoms with Crippen LogP contribution in [-0.4, -0.2) is 18.7 Å². The van der Waals surface area contributed by atoms with E-state index in [0.29, 0.717) is 0 Å². The van der Waals surface area contributed by atoms with Gasteiger partial charge in [0.1, 0.15) is 11.4 Å². The molecule has 0 radical (unpaired) electrons. The van der Waals surface area contributed by atoms with Crippen molar-refractivity contribution in [2.24, 2.45) is 0 Å². The smallest absolute Gasteiger partial charge is 0.331 e. The van der Waals surface area contributed by atoms with Crippen molar-refractivity contribution in [1.82, 2.24) is 0 Å². The molecule has 3 nitrogen and oxygen atoms in total. The SMILES string of the molecule is COc1ccc(C=CC(=O)OC(C)(C)C)c(Br)c1. The quantitative estimate of drug-likeness (QED) is 0.629. The Hall–Kier alpha value is -1.29. The van der Waals surface area contributed by atoms with Crippen molar-refractivity contribution >= 4 is 28.0 Å². The predicted molar refractivity (Wildman–Crippen MR) is 75.6 cm³/mol.